The minimum Gasteiger partial charge on any atom is -0.507 e. The summed E-state index contributed by atoms with van der Waals surface area (Å²) in [6, 6.07) is 2.33. The Kier molecular flexibility index (Phi) is 5.09. The van der Waals surface area contributed by atoms with E-state index in [0.29, 0.717) is 5.75 Å². The van der Waals surface area contributed by atoms with E-state index in [1.807, 2.05) is 0 Å². The quantitative estimate of drug-likeness (QED) is 0.909. The summed E-state index contributed by atoms with van der Waals surface area (Å²) in [5.74, 6) is 0.617. The highest BCUT2D eigenvalue weighted by atomic mass is 16.3. The number of phenols is 1. The van der Waals surface area contributed by atoms with Crippen LogP contribution in [0.25, 0.3) is 0 Å². The molecule has 0 aromatic heterocycles. The van der Waals surface area contributed by atoms with Crippen molar-refractivity contribution in [3.05, 3.63) is 28.3 Å². The van der Waals surface area contributed by atoms with Gasteiger partial charge in [0.2, 0.25) is 0 Å². The number of rotatable bonds is 4. The average molecular weight is 329 g/mol. The number of nitrogens with zero attached hydrogens (tertiary/aromatic N) is 2. The maximum absolute atomic E-state index is 11.1. The van der Waals surface area contributed by atoms with Gasteiger partial charge >= 0.3 is 0 Å². The molecule has 0 atom stereocenters. The molecule has 1 aromatic rings. The van der Waals surface area contributed by atoms with Crippen LogP contribution >= 0.6 is 0 Å². The number of fused-ring (bicyclic) bond motifs is 1. The lowest BCUT2D eigenvalue weighted by Gasteiger charge is -2.30. The largest absolute Gasteiger partial charge is 0.507 e. The number of likely N-dealkylation sites (tertiary alicyclic amines) is 2. The average Bonchev–Trinajstić information content (AvgIpc) is 3.08. The monoisotopic (exact) mass is 328 g/mol. The third-order valence-corrected chi connectivity index (χ3v) is 6.24. The molecule has 0 unspecified atom stereocenters. The Morgan fingerprint density at radius 3 is 2.04 bits per heavy atom. The van der Waals surface area contributed by atoms with Gasteiger partial charge in [-0.1, -0.05) is 18.9 Å². The van der Waals surface area contributed by atoms with Crippen molar-refractivity contribution in [1.82, 2.24) is 9.80 Å². The smallest absolute Gasteiger partial charge is 0.124 e. The second-order valence-electron chi connectivity index (χ2n) is 8.03. The molecule has 3 heteroatoms. The zero-order chi connectivity index (χ0) is 16.4. The molecule has 3 nitrogen and oxygen atoms in total. The fraction of sp³-hybridized carbons (Fsp3) is 0.714. The highest BCUT2D eigenvalue weighted by Crippen LogP contribution is 2.36. The Bertz CT molecular complexity index is 572. The van der Waals surface area contributed by atoms with E-state index in [-0.39, 0.29) is 0 Å². The molecule has 0 radical (unpaired) electrons. The fourth-order valence-electron chi connectivity index (χ4n) is 4.88. The van der Waals surface area contributed by atoms with Crippen LogP contribution in [0.1, 0.15) is 67.2 Å². The van der Waals surface area contributed by atoms with Crippen molar-refractivity contribution in [1.29, 1.82) is 0 Å². The molecule has 1 aromatic carbocycles. The van der Waals surface area contributed by atoms with E-state index in [9.17, 15) is 5.11 Å². The second-order valence-corrected chi connectivity index (χ2v) is 8.03. The molecule has 2 aliphatic heterocycles. The van der Waals surface area contributed by atoms with Crippen molar-refractivity contribution in [3.8, 4) is 5.75 Å². The molecule has 0 saturated carbocycles. The molecule has 0 bridgehead atoms. The summed E-state index contributed by atoms with van der Waals surface area (Å²) in [6.45, 7) is 6.68. The zero-order valence-electron chi connectivity index (χ0n) is 15.0. The Balaban J connectivity index is 1.58. The Morgan fingerprint density at radius 1 is 0.750 bits per heavy atom. The molecule has 2 heterocycles. The van der Waals surface area contributed by atoms with Crippen molar-refractivity contribution in [2.24, 2.45) is 0 Å². The molecule has 24 heavy (non-hydrogen) atoms. The van der Waals surface area contributed by atoms with Crippen molar-refractivity contribution >= 4 is 0 Å². The van der Waals surface area contributed by atoms with E-state index in [2.05, 4.69) is 15.9 Å². The molecule has 0 spiro atoms. The van der Waals surface area contributed by atoms with Crippen LogP contribution < -0.4 is 0 Å². The van der Waals surface area contributed by atoms with Crippen LogP contribution in [-0.2, 0) is 25.9 Å². The number of phenolic OH excluding ortho intramolecular Hbond substituents is 1. The van der Waals surface area contributed by atoms with Gasteiger partial charge in [0.05, 0.1) is 0 Å². The number of hydrogen-bond acceptors (Lipinski definition) is 3. The van der Waals surface area contributed by atoms with Crippen molar-refractivity contribution in [2.75, 3.05) is 26.2 Å². The Morgan fingerprint density at radius 2 is 1.38 bits per heavy atom. The van der Waals surface area contributed by atoms with Gasteiger partial charge in [0, 0.05) is 24.2 Å². The normalized spacial score (nSPS) is 22.7. The van der Waals surface area contributed by atoms with Crippen LogP contribution in [0.3, 0.4) is 0 Å². The fourth-order valence-corrected chi connectivity index (χ4v) is 4.88. The van der Waals surface area contributed by atoms with E-state index < -0.39 is 0 Å². The highest BCUT2D eigenvalue weighted by Gasteiger charge is 2.24. The van der Waals surface area contributed by atoms with Gasteiger partial charge in [-0.25, -0.2) is 0 Å². The third-order valence-electron chi connectivity index (χ3n) is 6.24. The molecule has 2 fully saturated rings. The van der Waals surface area contributed by atoms with Gasteiger partial charge in [-0.2, -0.15) is 0 Å². The van der Waals surface area contributed by atoms with E-state index >= 15 is 0 Å². The van der Waals surface area contributed by atoms with Crippen LogP contribution in [0.5, 0.6) is 5.75 Å². The lowest BCUT2D eigenvalue weighted by molar-refractivity contribution is 0.212. The first kappa shape index (κ1) is 16.4. The maximum atomic E-state index is 11.1. The number of benzene rings is 1. The number of aryl methyl sites for hydroxylation is 1. The van der Waals surface area contributed by atoms with Crippen LogP contribution in [-0.4, -0.2) is 41.1 Å². The van der Waals surface area contributed by atoms with E-state index in [4.69, 9.17) is 0 Å². The van der Waals surface area contributed by atoms with Crippen LogP contribution in [0, 0.1) is 0 Å². The summed E-state index contributed by atoms with van der Waals surface area (Å²) in [7, 11) is 0. The Labute approximate surface area is 146 Å². The summed E-state index contributed by atoms with van der Waals surface area (Å²) in [6.07, 6.45) is 11.6. The summed E-state index contributed by atoms with van der Waals surface area (Å²) in [5.41, 5.74) is 5.44. The van der Waals surface area contributed by atoms with Gasteiger partial charge in [-0.3, -0.25) is 9.80 Å². The first-order chi connectivity index (χ1) is 11.8. The molecule has 1 N–H and O–H groups in total. The number of piperidine rings is 2. The lowest BCUT2D eigenvalue weighted by Crippen LogP contribution is -2.30. The predicted octanol–water partition coefficient (Wildman–Crippen LogP) is 3.85. The summed E-state index contributed by atoms with van der Waals surface area (Å²) in [4.78, 5) is 5.09. The molecule has 3 aliphatic rings. The van der Waals surface area contributed by atoms with E-state index in [1.165, 1.54) is 99.8 Å². The van der Waals surface area contributed by atoms with Gasteiger partial charge in [0.25, 0.3) is 0 Å². The summed E-state index contributed by atoms with van der Waals surface area (Å²) in [5, 5.41) is 11.1. The summed E-state index contributed by atoms with van der Waals surface area (Å²) < 4.78 is 0. The minimum absolute atomic E-state index is 0.617. The highest BCUT2D eigenvalue weighted by molar-refractivity contribution is 5.51. The molecule has 0 amide bonds. The molecule has 4 rings (SSSR count). The molecule has 2 saturated heterocycles. The summed E-state index contributed by atoms with van der Waals surface area (Å²) >= 11 is 0. The SMILES string of the molecule is Oc1c(CN2CCCCC2)cc2c(c1CN1CCCCC1)CCC2. The first-order valence-corrected chi connectivity index (χ1v) is 10.1. The topological polar surface area (TPSA) is 26.7 Å². The first-order valence-electron chi connectivity index (χ1n) is 10.1. The van der Waals surface area contributed by atoms with Crippen LogP contribution in [0.15, 0.2) is 6.07 Å². The van der Waals surface area contributed by atoms with E-state index in [1.54, 1.807) is 0 Å². The molecule has 132 valence electrons. The lowest BCUT2D eigenvalue weighted by atomic mass is 9.96. The maximum Gasteiger partial charge on any atom is 0.124 e. The van der Waals surface area contributed by atoms with Crippen LogP contribution in [0.2, 0.25) is 0 Å². The van der Waals surface area contributed by atoms with Gasteiger partial charge < -0.3 is 5.11 Å². The van der Waals surface area contributed by atoms with Gasteiger partial charge in [-0.05, 0) is 82.3 Å². The minimum atomic E-state index is 0.617. The number of hydrogen-bond donors (Lipinski definition) is 1. The molecular weight excluding hydrogens is 296 g/mol. The second kappa shape index (κ2) is 7.45. The van der Waals surface area contributed by atoms with E-state index in [0.717, 1.165) is 19.5 Å². The molecule has 1 aliphatic carbocycles. The zero-order valence-corrected chi connectivity index (χ0v) is 15.0. The van der Waals surface area contributed by atoms with Crippen molar-refractivity contribution in [3.63, 3.8) is 0 Å². The van der Waals surface area contributed by atoms with Crippen LogP contribution in [0.4, 0.5) is 0 Å². The Hall–Kier alpha value is -1.06. The third kappa shape index (κ3) is 3.48. The standard InChI is InChI=1S/C21H32N2O/c24-21-18(15-22-10-3-1-4-11-22)14-17-8-7-9-19(17)20(21)16-23-12-5-2-6-13-23/h14,24H,1-13,15-16H2. The van der Waals surface area contributed by atoms with Crippen molar-refractivity contribution < 1.29 is 5.11 Å². The number of aromatic hydroxyl groups is 1. The predicted molar refractivity (Wildman–Crippen MR) is 98.4 cm³/mol. The molecular formula is C21H32N2O. The van der Waals surface area contributed by atoms with Crippen molar-refractivity contribution in [2.45, 2.75) is 70.9 Å². The van der Waals surface area contributed by atoms with Gasteiger partial charge in [-0.15, -0.1) is 0 Å². The van der Waals surface area contributed by atoms with Gasteiger partial charge in [0.1, 0.15) is 5.75 Å². The van der Waals surface area contributed by atoms with Gasteiger partial charge in [0.15, 0.2) is 0 Å².